The molecule has 8 rings (SSSR count). The van der Waals surface area contributed by atoms with Gasteiger partial charge in [0.25, 0.3) is 6.71 Å². The van der Waals surface area contributed by atoms with E-state index in [1.807, 2.05) is 17.8 Å². The monoisotopic (exact) mass is 509 g/mol. The summed E-state index contributed by atoms with van der Waals surface area (Å²) in [5.74, 6) is 2.68. The van der Waals surface area contributed by atoms with Gasteiger partial charge in [0.15, 0.2) is 0 Å². The molecule has 0 unspecified atom stereocenters. The van der Waals surface area contributed by atoms with Gasteiger partial charge in [0.05, 0.1) is 17.1 Å². The Morgan fingerprint density at radius 2 is 1.39 bits per heavy atom. The lowest BCUT2D eigenvalue weighted by Gasteiger charge is -2.36. The summed E-state index contributed by atoms with van der Waals surface area (Å²) in [5, 5.41) is 0. The normalized spacial score (nSPS) is 14.2. The number of rotatable bonds is 1. The van der Waals surface area contributed by atoms with Crippen LogP contribution in [0, 0.1) is 13.8 Å². The third-order valence-electron chi connectivity index (χ3n) is 7.75. The lowest BCUT2D eigenvalue weighted by molar-refractivity contribution is 0.309. The van der Waals surface area contributed by atoms with Gasteiger partial charge in [-0.15, -0.1) is 0 Å². The van der Waals surface area contributed by atoms with Gasteiger partial charge in [-0.2, -0.15) is 0 Å². The van der Waals surface area contributed by atoms with Crippen LogP contribution in [0.2, 0.25) is 0 Å². The van der Waals surface area contributed by atoms with Crippen molar-refractivity contribution >= 4 is 51.9 Å². The summed E-state index contributed by atoms with van der Waals surface area (Å²) in [6, 6.07) is 34.8. The number of hydrogen-bond acceptors (Lipinski definition) is 4. The fourth-order valence-corrected chi connectivity index (χ4v) is 7.18. The molecular formula is C33H24BNO2S. The Kier molecular flexibility index (Phi) is 4.74. The SMILES string of the molecule is Cc1ccc2c(c1)B1c3cc(C)cc(N4c5ccccc5Sc5ccccc54)c3Oc3cccc(c31)OC2. The molecule has 182 valence electrons. The average molecular weight is 509 g/mol. The van der Waals surface area contributed by atoms with Crippen LogP contribution in [-0.4, -0.2) is 6.71 Å². The Morgan fingerprint density at radius 1 is 0.684 bits per heavy atom. The minimum Gasteiger partial charge on any atom is -0.489 e. The summed E-state index contributed by atoms with van der Waals surface area (Å²) in [6.07, 6.45) is 0. The molecule has 5 aromatic rings. The molecule has 0 saturated carbocycles. The van der Waals surface area contributed by atoms with Crippen molar-refractivity contribution in [2.24, 2.45) is 0 Å². The van der Waals surface area contributed by atoms with Crippen molar-refractivity contribution in [3.8, 4) is 17.2 Å². The molecule has 0 amide bonds. The van der Waals surface area contributed by atoms with Crippen molar-refractivity contribution in [1.29, 1.82) is 0 Å². The highest BCUT2D eigenvalue weighted by molar-refractivity contribution is 7.99. The molecule has 0 bridgehead atoms. The van der Waals surface area contributed by atoms with E-state index in [2.05, 4.69) is 110 Å². The first-order valence-corrected chi connectivity index (χ1v) is 13.8. The van der Waals surface area contributed by atoms with E-state index in [1.54, 1.807) is 0 Å². The smallest absolute Gasteiger partial charge is 0.256 e. The third-order valence-corrected chi connectivity index (χ3v) is 8.88. The zero-order valence-corrected chi connectivity index (χ0v) is 22.0. The maximum atomic E-state index is 6.87. The van der Waals surface area contributed by atoms with Gasteiger partial charge in [-0.1, -0.05) is 77.4 Å². The van der Waals surface area contributed by atoms with Crippen LogP contribution in [0.25, 0.3) is 0 Å². The van der Waals surface area contributed by atoms with Crippen molar-refractivity contribution in [2.75, 3.05) is 4.90 Å². The van der Waals surface area contributed by atoms with Gasteiger partial charge in [0.2, 0.25) is 0 Å². The molecule has 0 saturated heterocycles. The summed E-state index contributed by atoms with van der Waals surface area (Å²) in [7, 11) is 0. The molecular weight excluding hydrogens is 485 g/mol. The van der Waals surface area contributed by atoms with Gasteiger partial charge >= 0.3 is 0 Å². The van der Waals surface area contributed by atoms with Crippen LogP contribution in [0.4, 0.5) is 17.1 Å². The highest BCUT2D eigenvalue weighted by atomic mass is 32.2. The highest BCUT2D eigenvalue weighted by Crippen LogP contribution is 2.53. The van der Waals surface area contributed by atoms with Gasteiger partial charge in [-0.3, -0.25) is 0 Å². The summed E-state index contributed by atoms with van der Waals surface area (Å²) >= 11 is 1.82. The van der Waals surface area contributed by atoms with Crippen molar-refractivity contribution in [3.05, 3.63) is 114 Å². The molecule has 5 heteroatoms. The summed E-state index contributed by atoms with van der Waals surface area (Å²) in [6.45, 7) is 4.94. The van der Waals surface area contributed by atoms with Gasteiger partial charge in [-0.25, -0.2) is 0 Å². The van der Waals surface area contributed by atoms with Crippen LogP contribution in [0.15, 0.2) is 107 Å². The quantitative estimate of drug-likeness (QED) is 0.228. The Bertz CT molecular complexity index is 1740. The summed E-state index contributed by atoms with van der Waals surface area (Å²) in [5.41, 5.74) is 10.7. The minimum absolute atomic E-state index is 0.0330. The lowest BCUT2D eigenvalue weighted by Crippen LogP contribution is -2.55. The van der Waals surface area contributed by atoms with Crippen molar-refractivity contribution in [2.45, 2.75) is 30.2 Å². The van der Waals surface area contributed by atoms with E-state index in [1.165, 1.54) is 48.8 Å². The number of hydrogen-bond donors (Lipinski definition) is 0. The third kappa shape index (κ3) is 3.18. The fourth-order valence-electron chi connectivity index (χ4n) is 6.12. The van der Waals surface area contributed by atoms with Gasteiger partial charge in [-0.05, 0) is 72.9 Å². The van der Waals surface area contributed by atoms with E-state index in [4.69, 9.17) is 9.47 Å². The molecule has 0 fully saturated rings. The molecule has 3 heterocycles. The molecule has 5 aromatic carbocycles. The van der Waals surface area contributed by atoms with E-state index in [0.29, 0.717) is 6.61 Å². The molecule has 0 aromatic heterocycles. The number of fused-ring (bicyclic) bond motifs is 6. The zero-order chi connectivity index (χ0) is 25.4. The van der Waals surface area contributed by atoms with E-state index in [0.717, 1.165) is 28.4 Å². The maximum absolute atomic E-state index is 6.87. The predicted octanol–water partition coefficient (Wildman–Crippen LogP) is 6.75. The van der Waals surface area contributed by atoms with Crippen LogP contribution < -0.4 is 30.8 Å². The zero-order valence-electron chi connectivity index (χ0n) is 21.2. The second kappa shape index (κ2) is 8.21. The second-order valence-electron chi connectivity index (χ2n) is 10.3. The highest BCUT2D eigenvalue weighted by Gasteiger charge is 2.40. The number of aryl methyl sites for hydroxylation is 2. The molecule has 38 heavy (non-hydrogen) atoms. The Balaban J connectivity index is 1.44. The lowest BCUT2D eigenvalue weighted by atomic mass is 9.35. The summed E-state index contributed by atoms with van der Waals surface area (Å²) in [4.78, 5) is 4.86. The second-order valence-corrected chi connectivity index (χ2v) is 11.4. The van der Waals surface area contributed by atoms with Gasteiger partial charge in [0, 0.05) is 15.3 Å². The first-order chi connectivity index (χ1) is 18.7. The van der Waals surface area contributed by atoms with Crippen LogP contribution in [0.3, 0.4) is 0 Å². The van der Waals surface area contributed by atoms with Crippen LogP contribution in [0.1, 0.15) is 16.7 Å². The predicted molar refractivity (Wildman–Crippen MR) is 157 cm³/mol. The largest absolute Gasteiger partial charge is 0.489 e. The Morgan fingerprint density at radius 3 is 2.18 bits per heavy atom. The van der Waals surface area contributed by atoms with Crippen LogP contribution in [0.5, 0.6) is 17.2 Å². The van der Waals surface area contributed by atoms with Crippen molar-refractivity contribution in [3.63, 3.8) is 0 Å². The Labute approximate surface area is 227 Å². The fraction of sp³-hybridized carbons (Fsp3) is 0.0909. The van der Waals surface area contributed by atoms with Crippen LogP contribution >= 0.6 is 11.8 Å². The van der Waals surface area contributed by atoms with E-state index >= 15 is 0 Å². The molecule has 3 aliphatic heterocycles. The van der Waals surface area contributed by atoms with E-state index in [-0.39, 0.29) is 6.71 Å². The molecule has 0 radical (unpaired) electrons. The number of para-hydroxylation sites is 2. The first-order valence-electron chi connectivity index (χ1n) is 13.0. The van der Waals surface area contributed by atoms with Gasteiger partial charge in [0.1, 0.15) is 23.9 Å². The first kappa shape index (κ1) is 21.9. The molecule has 3 nitrogen and oxygen atoms in total. The molecule has 0 N–H and O–H groups in total. The standard InChI is InChI=1S/C33H24BNO2S/c1-20-14-15-22-19-36-28-10-7-11-29-32(28)34(23(22)16-20)24-17-21(2)18-27(33(24)37-29)35-25-8-3-5-12-30(25)38-31-13-6-4-9-26(31)35/h3-18H,19H2,1-2H3. The number of ether oxygens (including phenoxy) is 2. The summed E-state index contributed by atoms with van der Waals surface area (Å²) < 4.78 is 13.2. The molecule has 0 spiro atoms. The molecule has 3 aliphatic rings. The average Bonchev–Trinajstić information content (AvgIpc) is 3.10. The minimum atomic E-state index is 0.0330. The number of anilines is 3. The van der Waals surface area contributed by atoms with E-state index in [9.17, 15) is 0 Å². The van der Waals surface area contributed by atoms with Crippen LogP contribution in [-0.2, 0) is 6.61 Å². The van der Waals surface area contributed by atoms with Crippen molar-refractivity contribution in [1.82, 2.24) is 0 Å². The number of nitrogens with zero attached hydrogens (tertiary/aromatic N) is 1. The topological polar surface area (TPSA) is 21.7 Å². The molecule has 0 aliphatic carbocycles. The molecule has 0 atom stereocenters. The number of benzene rings is 5. The van der Waals surface area contributed by atoms with Crippen molar-refractivity contribution < 1.29 is 9.47 Å². The Hall–Kier alpha value is -4.09. The van der Waals surface area contributed by atoms with Gasteiger partial charge < -0.3 is 14.4 Å². The van der Waals surface area contributed by atoms with E-state index < -0.39 is 0 Å². The maximum Gasteiger partial charge on any atom is 0.256 e.